The molecule has 0 bridgehead atoms. The molecule has 0 aromatic heterocycles. The van der Waals surface area contributed by atoms with Crippen molar-refractivity contribution in [3.8, 4) is 0 Å². The van der Waals surface area contributed by atoms with Gasteiger partial charge in [0.1, 0.15) is 23.9 Å². The zero-order valence-corrected chi connectivity index (χ0v) is 41.8. The van der Waals surface area contributed by atoms with Gasteiger partial charge in [0.25, 0.3) is 5.91 Å². The van der Waals surface area contributed by atoms with Crippen LogP contribution in [0.3, 0.4) is 0 Å². The number of hydrogen-bond donors (Lipinski definition) is 3. The summed E-state index contributed by atoms with van der Waals surface area (Å²) in [5.74, 6) is -1.96. The first-order valence-electron chi connectivity index (χ1n) is 25.3. The van der Waals surface area contributed by atoms with Gasteiger partial charge in [0.2, 0.25) is 11.7 Å². The average Bonchev–Trinajstić information content (AvgIpc) is 3.81. The van der Waals surface area contributed by atoms with E-state index in [1.807, 2.05) is 84.9 Å². The Morgan fingerprint density at radius 2 is 1.54 bits per heavy atom. The Hall–Kier alpha value is -5.92. The first-order valence-corrected chi connectivity index (χ1v) is 25.3. The van der Waals surface area contributed by atoms with Crippen LogP contribution in [-0.4, -0.2) is 77.1 Å². The van der Waals surface area contributed by atoms with Gasteiger partial charge in [-0.3, -0.25) is 14.4 Å². The van der Waals surface area contributed by atoms with E-state index >= 15 is 0 Å². The molecule has 3 aliphatic carbocycles. The minimum absolute atomic E-state index is 0.0154. The van der Waals surface area contributed by atoms with Crippen molar-refractivity contribution in [2.45, 2.75) is 147 Å². The number of hydrogen-bond acceptors (Lipinski definition) is 10. The van der Waals surface area contributed by atoms with E-state index in [4.69, 9.17) is 23.7 Å². The van der Waals surface area contributed by atoms with Crippen LogP contribution in [-0.2, 0) is 45.6 Å². The van der Waals surface area contributed by atoms with Gasteiger partial charge in [-0.05, 0) is 125 Å². The Kier molecular flexibility index (Phi) is 14.3. The van der Waals surface area contributed by atoms with E-state index in [2.05, 4.69) is 37.5 Å². The fourth-order valence-electron chi connectivity index (χ4n) is 11.2. The normalized spacial score (nSPS) is 27.1. The van der Waals surface area contributed by atoms with Crippen molar-refractivity contribution in [3.05, 3.63) is 160 Å². The lowest BCUT2D eigenvalue weighted by molar-refractivity contribution is -0.157. The van der Waals surface area contributed by atoms with Crippen molar-refractivity contribution in [1.29, 1.82) is 0 Å². The molecule has 4 aromatic carbocycles. The number of ether oxygens (including phenoxy) is 5. The highest BCUT2D eigenvalue weighted by molar-refractivity contribution is 5.95. The van der Waals surface area contributed by atoms with Crippen molar-refractivity contribution in [3.63, 3.8) is 0 Å². The monoisotopic (exact) mass is 964 g/mol. The summed E-state index contributed by atoms with van der Waals surface area (Å²) < 4.78 is 31.8. The van der Waals surface area contributed by atoms with Gasteiger partial charge in [-0.1, -0.05) is 110 Å². The molecule has 0 spiro atoms. The van der Waals surface area contributed by atoms with Gasteiger partial charge in [-0.25, -0.2) is 4.79 Å². The van der Waals surface area contributed by atoms with Crippen molar-refractivity contribution in [1.82, 2.24) is 10.6 Å². The second-order valence-electron chi connectivity index (χ2n) is 22.0. The highest BCUT2D eigenvalue weighted by Gasteiger charge is 2.57. The third-order valence-corrected chi connectivity index (χ3v) is 15.1. The summed E-state index contributed by atoms with van der Waals surface area (Å²) in [5.41, 5.74) is 5.42. The summed E-state index contributed by atoms with van der Waals surface area (Å²) >= 11 is 0. The van der Waals surface area contributed by atoms with Crippen LogP contribution < -0.4 is 10.6 Å². The molecule has 3 N–H and O–H groups in total. The molecule has 0 radical (unpaired) electrons. The molecule has 2 amide bonds. The van der Waals surface area contributed by atoms with E-state index in [-0.39, 0.29) is 43.9 Å². The first-order chi connectivity index (χ1) is 33.9. The predicted molar refractivity (Wildman–Crippen MR) is 269 cm³/mol. The largest absolute Gasteiger partial charge is 0.460 e. The van der Waals surface area contributed by atoms with Crippen LogP contribution in [0.15, 0.2) is 126 Å². The van der Waals surface area contributed by atoms with Gasteiger partial charge in [0, 0.05) is 41.6 Å². The van der Waals surface area contributed by atoms with Crippen LogP contribution in [0.25, 0.3) is 6.08 Å². The smallest absolute Gasteiger partial charge is 0.338 e. The highest BCUT2D eigenvalue weighted by Crippen LogP contribution is 2.60. The second kappa shape index (κ2) is 20.3. The molecule has 2 saturated carbocycles. The van der Waals surface area contributed by atoms with Crippen molar-refractivity contribution in [2.75, 3.05) is 6.61 Å². The Morgan fingerprint density at radius 1 is 0.831 bits per heavy atom. The van der Waals surface area contributed by atoms with Crippen molar-refractivity contribution >= 4 is 29.8 Å². The third kappa shape index (κ3) is 11.3. The minimum atomic E-state index is -1.36. The molecule has 2 heterocycles. The summed E-state index contributed by atoms with van der Waals surface area (Å²) in [5, 5.41) is 15.8. The number of epoxide rings is 1. The van der Waals surface area contributed by atoms with Crippen LogP contribution >= 0.6 is 0 Å². The molecular weight excluding hydrogens is 897 g/mol. The van der Waals surface area contributed by atoms with E-state index in [1.54, 1.807) is 51.1 Å². The van der Waals surface area contributed by atoms with Gasteiger partial charge in [0.05, 0.1) is 29.9 Å². The van der Waals surface area contributed by atoms with E-state index in [0.717, 1.165) is 36.0 Å². The van der Waals surface area contributed by atoms with E-state index in [1.165, 1.54) is 18.4 Å². The molecule has 2 aliphatic heterocycles. The Balaban J connectivity index is 0.911. The van der Waals surface area contributed by atoms with Gasteiger partial charge in [-0.2, -0.15) is 0 Å². The molecule has 9 rings (SSSR count). The standard InChI is InChI=1S/C59H68N2O10/c1-56(2,3)70-51(63)27-25-45(36-62)61-54(65)41-15-13-14-38(31-41)35-60-53(64)42-32-48(52-49(33-42)68-59(71-52,43-16-9-7-10-17-43)44-18-11-8-12-19-44)67-55(66)39-22-20-37(21-23-39)30-40-24-26-50-58(6,69-50)29-28-47-46(40)34-57(47,4)5/h7-23,30-31,33,45-50,52,62H,24-29,32,34-36H2,1-6H3,(H,60,64)(H,61,65)/t45-,46+,47+,48+,49+,50?,52-,58+/m0/s1. The third-order valence-electron chi connectivity index (χ3n) is 15.1. The Morgan fingerprint density at radius 3 is 2.20 bits per heavy atom. The number of allylic oxidation sites excluding steroid dienone is 1. The molecular formula is C59H68N2O10. The summed E-state index contributed by atoms with van der Waals surface area (Å²) in [6.07, 6.45) is 7.74. The number of fused-ring (bicyclic) bond motifs is 3. The molecule has 12 heteroatoms. The van der Waals surface area contributed by atoms with Gasteiger partial charge >= 0.3 is 11.9 Å². The zero-order chi connectivity index (χ0) is 50.1. The van der Waals surface area contributed by atoms with E-state index in [0.29, 0.717) is 45.6 Å². The number of carbonyl (C=O) groups excluding carboxylic acids is 4. The van der Waals surface area contributed by atoms with Gasteiger partial charge < -0.3 is 39.4 Å². The van der Waals surface area contributed by atoms with Crippen molar-refractivity contribution in [2.24, 2.45) is 17.3 Å². The summed E-state index contributed by atoms with van der Waals surface area (Å²) in [6, 6.07) is 33.0. The maximum absolute atomic E-state index is 14.2. The lowest BCUT2D eigenvalue weighted by Crippen LogP contribution is -2.45. The molecule has 12 nitrogen and oxygen atoms in total. The molecule has 5 aliphatic rings. The minimum Gasteiger partial charge on any atom is -0.460 e. The molecule has 71 heavy (non-hydrogen) atoms. The summed E-state index contributed by atoms with van der Waals surface area (Å²) in [6.45, 7) is 12.1. The summed E-state index contributed by atoms with van der Waals surface area (Å²) in [4.78, 5) is 54.0. The average molecular weight is 965 g/mol. The molecule has 4 aromatic rings. The van der Waals surface area contributed by atoms with Gasteiger partial charge in [0.15, 0.2) is 0 Å². The number of carbonyl (C=O) groups is 4. The van der Waals surface area contributed by atoms with Crippen LogP contribution in [0.4, 0.5) is 0 Å². The maximum Gasteiger partial charge on any atom is 0.338 e. The molecule has 2 saturated heterocycles. The fourth-order valence-corrected chi connectivity index (χ4v) is 11.2. The topological polar surface area (TPSA) is 162 Å². The zero-order valence-electron chi connectivity index (χ0n) is 41.8. The Bertz CT molecular complexity index is 2620. The number of aliphatic hydroxyl groups excluding tert-OH is 1. The fraction of sp³-hybridized carbons (Fsp3) is 0.458. The second-order valence-corrected chi connectivity index (χ2v) is 22.0. The molecule has 4 fully saturated rings. The number of aliphatic hydroxyl groups is 1. The first kappa shape index (κ1) is 50.0. The van der Waals surface area contributed by atoms with Crippen LogP contribution in [0.1, 0.15) is 136 Å². The number of benzene rings is 4. The predicted octanol–water partition coefficient (Wildman–Crippen LogP) is 9.53. The van der Waals surface area contributed by atoms with E-state index < -0.39 is 53.6 Å². The number of rotatable bonds is 14. The molecule has 374 valence electrons. The van der Waals surface area contributed by atoms with Crippen LogP contribution in [0.5, 0.6) is 0 Å². The van der Waals surface area contributed by atoms with Crippen molar-refractivity contribution < 1.29 is 48.0 Å². The quantitative estimate of drug-likeness (QED) is 0.0820. The SMILES string of the molecule is CC(C)(C)OC(=O)CC[C@@H](CO)NC(=O)c1cccc(CNC(=O)C2=C[C@H]3OC(c4ccccc4)(c4ccccc4)O[C@H]3[C@H](OC(=O)c3ccc(C=C4CCC5O[C@]5(C)CC[C@@H]5[C@@H]4CC5(C)C)cc3)C2)c1. The van der Waals surface area contributed by atoms with Crippen LogP contribution in [0.2, 0.25) is 0 Å². The van der Waals surface area contributed by atoms with Crippen LogP contribution in [0, 0.1) is 17.3 Å². The van der Waals surface area contributed by atoms with Gasteiger partial charge in [-0.15, -0.1) is 0 Å². The van der Waals surface area contributed by atoms with E-state index in [9.17, 15) is 24.3 Å². The lowest BCUT2D eigenvalue weighted by Gasteiger charge is -2.53. The number of esters is 2. The number of nitrogens with one attached hydrogen (secondary N) is 2. The highest BCUT2D eigenvalue weighted by atomic mass is 16.8. The molecule has 8 atom stereocenters. The lowest BCUT2D eigenvalue weighted by atomic mass is 9.52. The maximum atomic E-state index is 14.2. The molecule has 1 unspecified atom stereocenters. The summed E-state index contributed by atoms with van der Waals surface area (Å²) in [7, 11) is 0. The Labute approximate surface area is 417 Å². The number of amides is 2.